The molecule has 1 aromatic rings. The maximum Gasteiger partial charge on any atom is 0.0755 e. The summed E-state index contributed by atoms with van der Waals surface area (Å²) in [4.78, 5) is 4.53. The van der Waals surface area contributed by atoms with Crippen LogP contribution in [0.3, 0.4) is 0 Å². The normalized spacial score (nSPS) is 13.6. The second kappa shape index (κ2) is 6.36. The quantitative estimate of drug-likeness (QED) is 0.677. The van der Waals surface area contributed by atoms with Crippen LogP contribution < -0.4 is 0 Å². The number of nitrogens with zero attached hydrogens (tertiary/aromatic N) is 1. The summed E-state index contributed by atoms with van der Waals surface area (Å²) in [6.07, 6.45) is 1.92. The summed E-state index contributed by atoms with van der Waals surface area (Å²) in [5, 5.41) is 0. The molecule has 0 saturated heterocycles. The first-order valence-corrected chi connectivity index (χ1v) is 5.31. The maximum atomic E-state index is 5.14. The minimum absolute atomic E-state index is 0.246. The highest BCUT2D eigenvalue weighted by Gasteiger charge is 2.09. The van der Waals surface area contributed by atoms with E-state index >= 15 is 0 Å². The number of hydrogen-bond donors (Lipinski definition) is 0. The molecule has 2 nitrogen and oxygen atoms in total. The number of rotatable bonds is 5. The zero-order valence-corrected chi connectivity index (χ0v) is 9.68. The summed E-state index contributed by atoms with van der Waals surface area (Å²) in [6, 6.07) is 10.4. The van der Waals surface area contributed by atoms with Crippen molar-refractivity contribution in [3.63, 3.8) is 0 Å². The van der Waals surface area contributed by atoms with Crippen molar-refractivity contribution in [3.05, 3.63) is 35.9 Å². The van der Waals surface area contributed by atoms with Crippen molar-refractivity contribution in [2.24, 2.45) is 10.9 Å². The van der Waals surface area contributed by atoms with Crippen LogP contribution in [0.1, 0.15) is 19.4 Å². The molecule has 0 aliphatic heterocycles. The molecule has 0 aliphatic carbocycles. The third-order valence-corrected chi connectivity index (χ3v) is 2.32. The summed E-state index contributed by atoms with van der Waals surface area (Å²) in [6.45, 7) is 5.00. The van der Waals surface area contributed by atoms with Gasteiger partial charge in [-0.05, 0) is 11.5 Å². The Morgan fingerprint density at radius 2 is 1.93 bits per heavy atom. The van der Waals surface area contributed by atoms with Gasteiger partial charge in [-0.25, -0.2) is 0 Å². The number of ether oxygens (including phenoxy) is 1. The molecule has 0 saturated carbocycles. The number of aliphatic imine (C=N–C) groups is 1. The lowest BCUT2D eigenvalue weighted by atomic mass is 10.1. The van der Waals surface area contributed by atoms with E-state index in [0.29, 0.717) is 12.5 Å². The van der Waals surface area contributed by atoms with Gasteiger partial charge in [-0.1, -0.05) is 44.2 Å². The Kier molecular flexibility index (Phi) is 5.05. The molecule has 2 heteroatoms. The highest BCUT2D eigenvalue weighted by Crippen LogP contribution is 2.07. The topological polar surface area (TPSA) is 21.6 Å². The number of methoxy groups -OCH3 is 1. The van der Waals surface area contributed by atoms with E-state index in [0.717, 1.165) is 5.56 Å². The lowest BCUT2D eigenvalue weighted by Gasteiger charge is -2.14. The molecule has 0 fully saturated rings. The summed E-state index contributed by atoms with van der Waals surface area (Å²) in [7, 11) is 1.72. The van der Waals surface area contributed by atoms with Gasteiger partial charge < -0.3 is 4.74 Å². The average molecular weight is 205 g/mol. The molecule has 0 aliphatic rings. The molecule has 82 valence electrons. The SMILES string of the molecule is COCC(N=Cc1ccccc1)C(C)C. The van der Waals surface area contributed by atoms with Crippen LogP contribution in [0.2, 0.25) is 0 Å². The molecule has 1 unspecified atom stereocenters. The van der Waals surface area contributed by atoms with Gasteiger partial charge in [0.25, 0.3) is 0 Å². The zero-order chi connectivity index (χ0) is 11.1. The first kappa shape index (κ1) is 11.9. The van der Waals surface area contributed by atoms with Crippen molar-refractivity contribution >= 4 is 6.21 Å². The van der Waals surface area contributed by atoms with Crippen molar-refractivity contribution < 1.29 is 4.74 Å². The van der Waals surface area contributed by atoms with Crippen LogP contribution in [0, 0.1) is 5.92 Å². The highest BCUT2D eigenvalue weighted by molar-refractivity contribution is 5.79. The minimum Gasteiger partial charge on any atom is -0.382 e. The second-order valence-corrected chi connectivity index (χ2v) is 3.96. The number of hydrogen-bond acceptors (Lipinski definition) is 2. The van der Waals surface area contributed by atoms with Gasteiger partial charge in [0.2, 0.25) is 0 Å². The van der Waals surface area contributed by atoms with Gasteiger partial charge in [-0.15, -0.1) is 0 Å². The van der Waals surface area contributed by atoms with Crippen LogP contribution in [0.5, 0.6) is 0 Å². The molecule has 0 radical (unpaired) electrons. The Labute approximate surface area is 92.0 Å². The Balaban J connectivity index is 2.61. The van der Waals surface area contributed by atoms with Gasteiger partial charge in [0.1, 0.15) is 0 Å². The Bertz CT molecular complexity index is 293. The smallest absolute Gasteiger partial charge is 0.0755 e. The molecule has 0 heterocycles. The fourth-order valence-electron chi connectivity index (χ4n) is 1.30. The monoisotopic (exact) mass is 205 g/mol. The van der Waals surface area contributed by atoms with E-state index < -0.39 is 0 Å². The first-order valence-electron chi connectivity index (χ1n) is 5.31. The Morgan fingerprint density at radius 3 is 2.47 bits per heavy atom. The standard InChI is InChI=1S/C13H19NO/c1-11(2)13(10-15-3)14-9-12-7-5-4-6-8-12/h4-9,11,13H,10H2,1-3H3. The lowest BCUT2D eigenvalue weighted by molar-refractivity contribution is 0.165. The lowest BCUT2D eigenvalue weighted by Crippen LogP contribution is -2.19. The molecule has 1 atom stereocenters. The van der Waals surface area contributed by atoms with Crippen LogP contribution in [0.15, 0.2) is 35.3 Å². The molecule has 0 aromatic heterocycles. The molecule has 1 rings (SSSR count). The van der Waals surface area contributed by atoms with Crippen molar-refractivity contribution in [2.75, 3.05) is 13.7 Å². The molecule has 1 aromatic carbocycles. The van der Waals surface area contributed by atoms with Gasteiger partial charge in [0.05, 0.1) is 12.6 Å². The van der Waals surface area contributed by atoms with Gasteiger partial charge in [-0.3, -0.25) is 4.99 Å². The van der Waals surface area contributed by atoms with Crippen molar-refractivity contribution in [2.45, 2.75) is 19.9 Å². The van der Waals surface area contributed by atoms with Gasteiger partial charge in [0, 0.05) is 13.3 Å². The van der Waals surface area contributed by atoms with Crippen molar-refractivity contribution in [3.8, 4) is 0 Å². The van der Waals surface area contributed by atoms with E-state index in [2.05, 4.69) is 18.8 Å². The summed E-state index contributed by atoms with van der Waals surface area (Å²) in [5.41, 5.74) is 1.14. The molecular formula is C13H19NO. The summed E-state index contributed by atoms with van der Waals surface area (Å²) < 4.78 is 5.14. The van der Waals surface area contributed by atoms with Gasteiger partial charge in [0.15, 0.2) is 0 Å². The van der Waals surface area contributed by atoms with Crippen LogP contribution >= 0.6 is 0 Å². The van der Waals surface area contributed by atoms with E-state index in [4.69, 9.17) is 4.74 Å². The Morgan fingerprint density at radius 1 is 1.27 bits per heavy atom. The third kappa shape index (κ3) is 4.26. The number of benzene rings is 1. The van der Waals surface area contributed by atoms with Crippen LogP contribution in [-0.2, 0) is 4.74 Å². The molecule has 0 amide bonds. The molecule has 0 bridgehead atoms. The van der Waals surface area contributed by atoms with E-state index in [1.165, 1.54) is 0 Å². The maximum absolute atomic E-state index is 5.14. The van der Waals surface area contributed by atoms with E-state index in [-0.39, 0.29) is 6.04 Å². The molecule has 0 spiro atoms. The predicted molar refractivity (Wildman–Crippen MR) is 64.5 cm³/mol. The zero-order valence-electron chi connectivity index (χ0n) is 9.68. The van der Waals surface area contributed by atoms with Crippen LogP contribution in [0.25, 0.3) is 0 Å². The van der Waals surface area contributed by atoms with Gasteiger partial charge in [-0.2, -0.15) is 0 Å². The predicted octanol–water partition coefficient (Wildman–Crippen LogP) is 2.78. The third-order valence-electron chi connectivity index (χ3n) is 2.32. The molecule has 15 heavy (non-hydrogen) atoms. The second-order valence-electron chi connectivity index (χ2n) is 3.96. The van der Waals surface area contributed by atoms with Crippen molar-refractivity contribution in [1.29, 1.82) is 0 Å². The van der Waals surface area contributed by atoms with E-state index in [1.807, 2.05) is 36.5 Å². The summed E-state index contributed by atoms with van der Waals surface area (Å²) in [5.74, 6) is 0.505. The van der Waals surface area contributed by atoms with E-state index in [1.54, 1.807) is 7.11 Å². The van der Waals surface area contributed by atoms with Crippen molar-refractivity contribution in [1.82, 2.24) is 0 Å². The summed E-state index contributed by atoms with van der Waals surface area (Å²) >= 11 is 0. The largest absolute Gasteiger partial charge is 0.382 e. The fraction of sp³-hybridized carbons (Fsp3) is 0.462. The van der Waals surface area contributed by atoms with E-state index in [9.17, 15) is 0 Å². The fourth-order valence-corrected chi connectivity index (χ4v) is 1.30. The van der Waals surface area contributed by atoms with Crippen LogP contribution in [0.4, 0.5) is 0 Å². The molecule has 0 N–H and O–H groups in total. The minimum atomic E-state index is 0.246. The molecular weight excluding hydrogens is 186 g/mol. The first-order chi connectivity index (χ1) is 7.24. The highest BCUT2D eigenvalue weighted by atomic mass is 16.5. The van der Waals surface area contributed by atoms with Gasteiger partial charge >= 0.3 is 0 Å². The Hall–Kier alpha value is -1.15. The van der Waals surface area contributed by atoms with Crippen LogP contribution in [-0.4, -0.2) is 26.0 Å². The average Bonchev–Trinajstić information content (AvgIpc) is 2.25.